The number of hydrogen-bond acceptors (Lipinski definition) is 10. The molecule has 4 aliphatic carbocycles. The number of esters is 3. The van der Waals surface area contributed by atoms with Gasteiger partial charge in [-0.25, -0.2) is 5.01 Å². The highest BCUT2D eigenvalue weighted by Gasteiger charge is 2.62. The SMILES string of the molecule is CC(=O)OC[C@H]1O[C@H]2[C@H](N=NN2C23CC4CC(CC(C4)C2)C3)[C@@H](OC(C)=O)[C@@H]1OC(C)=O. The Hall–Kier alpha value is -2.23. The van der Waals surface area contributed by atoms with Crippen LogP contribution in [0.5, 0.6) is 0 Å². The van der Waals surface area contributed by atoms with Crippen LogP contribution in [-0.4, -0.2) is 65.6 Å². The van der Waals surface area contributed by atoms with Crippen molar-refractivity contribution in [1.29, 1.82) is 0 Å². The molecule has 176 valence electrons. The molecular weight excluding hydrogens is 418 g/mol. The van der Waals surface area contributed by atoms with Crippen LogP contribution in [0, 0.1) is 17.8 Å². The molecule has 32 heavy (non-hydrogen) atoms. The summed E-state index contributed by atoms with van der Waals surface area (Å²) in [5.74, 6) is 0.578. The van der Waals surface area contributed by atoms with Gasteiger partial charge < -0.3 is 18.9 Å². The molecule has 5 fully saturated rings. The first-order valence-electron chi connectivity index (χ1n) is 11.6. The lowest BCUT2D eigenvalue weighted by Gasteiger charge is -2.60. The van der Waals surface area contributed by atoms with E-state index in [1.165, 1.54) is 40.0 Å². The van der Waals surface area contributed by atoms with Crippen molar-refractivity contribution >= 4 is 17.9 Å². The number of ether oxygens (including phenoxy) is 4. The minimum absolute atomic E-state index is 0.112. The van der Waals surface area contributed by atoms with E-state index >= 15 is 0 Å². The van der Waals surface area contributed by atoms with E-state index in [1.807, 2.05) is 5.01 Å². The van der Waals surface area contributed by atoms with E-state index in [0.29, 0.717) is 17.8 Å². The Morgan fingerprint density at radius 2 is 1.47 bits per heavy atom. The highest BCUT2D eigenvalue weighted by atomic mass is 16.6. The molecule has 4 bridgehead atoms. The van der Waals surface area contributed by atoms with Crippen molar-refractivity contribution in [2.75, 3.05) is 6.61 Å². The van der Waals surface area contributed by atoms with E-state index in [1.54, 1.807) is 0 Å². The number of carbonyl (C=O) groups is 3. The Morgan fingerprint density at radius 1 is 0.906 bits per heavy atom. The summed E-state index contributed by atoms with van der Waals surface area (Å²) in [6.07, 6.45) is 3.86. The van der Waals surface area contributed by atoms with Gasteiger partial charge in [-0.1, -0.05) is 5.22 Å². The minimum Gasteiger partial charge on any atom is -0.463 e. The second kappa shape index (κ2) is 7.97. The van der Waals surface area contributed by atoms with Gasteiger partial charge in [0, 0.05) is 20.8 Å². The summed E-state index contributed by atoms with van der Waals surface area (Å²) in [6.45, 7) is 3.76. The van der Waals surface area contributed by atoms with Gasteiger partial charge in [0.05, 0.1) is 5.54 Å². The van der Waals surface area contributed by atoms with Crippen LogP contribution < -0.4 is 0 Å². The summed E-state index contributed by atoms with van der Waals surface area (Å²) in [6, 6.07) is -0.621. The fourth-order valence-corrected chi connectivity index (χ4v) is 7.10. The zero-order valence-electron chi connectivity index (χ0n) is 18.8. The largest absolute Gasteiger partial charge is 0.463 e. The highest BCUT2D eigenvalue weighted by Crippen LogP contribution is 2.59. The quantitative estimate of drug-likeness (QED) is 0.463. The third kappa shape index (κ3) is 3.76. The number of rotatable bonds is 5. The Labute approximate surface area is 186 Å². The van der Waals surface area contributed by atoms with E-state index < -0.39 is 48.5 Å². The number of carbonyl (C=O) groups excluding carboxylic acids is 3. The standard InChI is InChI=1S/C22H31N3O7/c1-11(26)29-10-17-19(30-12(2)27)20(31-13(3)28)18-21(32-17)25(24-23-18)22-7-14-4-15(8-22)6-16(5-14)9-22/h14-21H,4-10H2,1-3H3/t14?,15?,16?,17-,18-,19-,20-,21+,22?/m1/s1. The molecule has 2 heterocycles. The van der Waals surface area contributed by atoms with Crippen molar-refractivity contribution in [3.8, 4) is 0 Å². The van der Waals surface area contributed by atoms with Crippen molar-refractivity contribution in [2.45, 2.75) is 95.4 Å². The van der Waals surface area contributed by atoms with Gasteiger partial charge >= 0.3 is 17.9 Å². The maximum absolute atomic E-state index is 11.9. The summed E-state index contributed by atoms with van der Waals surface area (Å²) in [5, 5.41) is 11.0. The van der Waals surface area contributed by atoms with Crippen LogP contribution in [0.1, 0.15) is 59.3 Å². The molecule has 0 aromatic rings. The molecule has 0 aromatic carbocycles. The van der Waals surface area contributed by atoms with E-state index in [-0.39, 0.29) is 12.1 Å². The molecule has 0 N–H and O–H groups in total. The Morgan fingerprint density at radius 3 is 2.00 bits per heavy atom. The first-order valence-corrected chi connectivity index (χ1v) is 11.6. The van der Waals surface area contributed by atoms with Crippen LogP contribution in [-0.2, 0) is 33.3 Å². The molecule has 0 aromatic heterocycles. The van der Waals surface area contributed by atoms with Crippen LogP contribution in [0.4, 0.5) is 0 Å². The van der Waals surface area contributed by atoms with Gasteiger partial charge in [-0.15, -0.1) is 0 Å². The number of hydrogen-bond donors (Lipinski definition) is 0. The normalized spacial score (nSPS) is 43.7. The summed E-state index contributed by atoms with van der Waals surface area (Å²) < 4.78 is 22.7. The van der Waals surface area contributed by atoms with E-state index in [2.05, 4.69) is 10.3 Å². The zero-order valence-corrected chi connectivity index (χ0v) is 18.8. The molecule has 5 atom stereocenters. The van der Waals surface area contributed by atoms with Crippen LogP contribution >= 0.6 is 0 Å². The monoisotopic (exact) mass is 449 g/mol. The molecule has 2 aliphatic heterocycles. The Balaban J connectivity index is 1.44. The molecular formula is C22H31N3O7. The highest BCUT2D eigenvalue weighted by molar-refractivity contribution is 5.68. The van der Waals surface area contributed by atoms with Gasteiger partial charge in [0.1, 0.15) is 12.7 Å². The topological polar surface area (TPSA) is 116 Å². The van der Waals surface area contributed by atoms with Gasteiger partial charge in [0.2, 0.25) is 0 Å². The predicted molar refractivity (Wildman–Crippen MR) is 108 cm³/mol. The second-order valence-electron chi connectivity index (χ2n) is 10.2. The molecule has 1 saturated heterocycles. The van der Waals surface area contributed by atoms with Crippen molar-refractivity contribution in [3.05, 3.63) is 0 Å². The lowest BCUT2D eigenvalue weighted by molar-refractivity contribution is -0.253. The second-order valence-corrected chi connectivity index (χ2v) is 10.2. The minimum atomic E-state index is -0.952. The third-order valence-corrected chi connectivity index (χ3v) is 7.70. The molecule has 6 aliphatic rings. The lowest BCUT2D eigenvalue weighted by Crippen LogP contribution is -2.67. The van der Waals surface area contributed by atoms with Crippen LogP contribution in [0.3, 0.4) is 0 Å². The van der Waals surface area contributed by atoms with E-state index in [0.717, 1.165) is 19.3 Å². The van der Waals surface area contributed by atoms with Crippen molar-refractivity contribution in [1.82, 2.24) is 5.01 Å². The Kier molecular flexibility index (Phi) is 5.38. The third-order valence-electron chi connectivity index (χ3n) is 7.70. The van der Waals surface area contributed by atoms with Crippen molar-refractivity contribution in [2.24, 2.45) is 28.1 Å². The van der Waals surface area contributed by atoms with Crippen molar-refractivity contribution in [3.63, 3.8) is 0 Å². The van der Waals surface area contributed by atoms with E-state index in [9.17, 15) is 14.4 Å². The average Bonchev–Trinajstić information content (AvgIpc) is 3.11. The van der Waals surface area contributed by atoms with Gasteiger partial charge in [-0.2, -0.15) is 5.11 Å². The molecule has 6 rings (SSSR count). The fraction of sp³-hybridized carbons (Fsp3) is 0.864. The van der Waals surface area contributed by atoms with Crippen molar-refractivity contribution < 1.29 is 33.3 Å². The molecule has 0 radical (unpaired) electrons. The number of fused-ring (bicyclic) bond motifs is 1. The number of nitrogens with zero attached hydrogens (tertiary/aromatic N) is 3. The molecule has 4 saturated carbocycles. The zero-order chi connectivity index (χ0) is 22.6. The fourth-order valence-electron chi connectivity index (χ4n) is 7.10. The molecule has 0 amide bonds. The van der Waals surface area contributed by atoms with Gasteiger partial charge in [0.25, 0.3) is 0 Å². The van der Waals surface area contributed by atoms with Gasteiger partial charge in [-0.3, -0.25) is 14.4 Å². The molecule has 0 unspecified atom stereocenters. The van der Waals surface area contributed by atoms with Crippen LogP contribution in [0.25, 0.3) is 0 Å². The molecule has 0 spiro atoms. The van der Waals surface area contributed by atoms with Gasteiger partial charge in [0.15, 0.2) is 24.5 Å². The summed E-state index contributed by atoms with van der Waals surface area (Å²) >= 11 is 0. The summed E-state index contributed by atoms with van der Waals surface area (Å²) in [7, 11) is 0. The Bertz CT molecular complexity index is 795. The molecule has 10 heteroatoms. The summed E-state index contributed by atoms with van der Waals surface area (Å²) in [4.78, 5) is 35.2. The maximum Gasteiger partial charge on any atom is 0.303 e. The van der Waals surface area contributed by atoms with Crippen LogP contribution in [0.15, 0.2) is 10.3 Å². The molecule has 10 nitrogen and oxygen atoms in total. The first kappa shape index (κ1) is 21.6. The lowest BCUT2D eigenvalue weighted by atomic mass is 9.52. The average molecular weight is 450 g/mol. The van der Waals surface area contributed by atoms with Crippen LogP contribution in [0.2, 0.25) is 0 Å². The van der Waals surface area contributed by atoms with E-state index in [4.69, 9.17) is 18.9 Å². The maximum atomic E-state index is 11.9. The summed E-state index contributed by atoms with van der Waals surface area (Å²) in [5.41, 5.74) is -0.112. The smallest absolute Gasteiger partial charge is 0.303 e. The first-order chi connectivity index (χ1) is 15.2. The predicted octanol–water partition coefficient (Wildman–Crippen LogP) is 2.16. The van der Waals surface area contributed by atoms with Gasteiger partial charge in [-0.05, 0) is 56.3 Å².